The minimum absolute atomic E-state index is 0.222. The minimum Gasteiger partial charge on any atom is -0.490 e. The second-order valence-corrected chi connectivity index (χ2v) is 3.50. The molecule has 98 valence electrons. The Morgan fingerprint density at radius 1 is 1.12 bits per heavy atom. The molecule has 0 bridgehead atoms. The fourth-order valence-electron chi connectivity index (χ4n) is 1.59. The summed E-state index contributed by atoms with van der Waals surface area (Å²) >= 11 is 0. The van der Waals surface area contributed by atoms with E-state index in [1.807, 2.05) is 34.6 Å². The molecule has 1 aliphatic heterocycles. The van der Waals surface area contributed by atoms with E-state index in [1.54, 1.807) is 0 Å². The smallest absolute Gasteiger partial charge is 0.168 e. The third-order valence-corrected chi connectivity index (χ3v) is 2.17. The van der Waals surface area contributed by atoms with Gasteiger partial charge < -0.3 is 4.74 Å². The Morgan fingerprint density at radius 3 is 2.29 bits per heavy atom. The van der Waals surface area contributed by atoms with Gasteiger partial charge in [0.2, 0.25) is 0 Å². The highest BCUT2D eigenvalue weighted by Crippen LogP contribution is 2.30. The zero-order valence-electron chi connectivity index (χ0n) is 11.3. The van der Waals surface area contributed by atoms with Crippen LogP contribution in [0, 0.1) is 17.6 Å². The first-order valence-corrected chi connectivity index (χ1v) is 6.27. The summed E-state index contributed by atoms with van der Waals surface area (Å²) < 4.78 is 31.1. The maximum atomic E-state index is 13.1. The van der Waals surface area contributed by atoms with E-state index < -0.39 is 11.6 Å². The van der Waals surface area contributed by atoms with Crippen LogP contribution in [0.3, 0.4) is 0 Å². The molecular weight excluding hydrogens is 222 g/mol. The van der Waals surface area contributed by atoms with Crippen molar-refractivity contribution < 1.29 is 13.5 Å². The molecule has 0 unspecified atom stereocenters. The average molecular weight is 244 g/mol. The van der Waals surface area contributed by atoms with Crippen molar-refractivity contribution in [2.75, 3.05) is 6.61 Å². The first-order chi connectivity index (χ1) is 8.16. The molecule has 0 aliphatic carbocycles. The van der Waals surface area contributed by atoms with Crippen LogP contribution in [-0.2, 0) is 6.42 Å². The number of hydrogen-bond donors (Lipinski definition) is 0. The Labute approximate surface area is 103 Å². The summed E-state index contributed by atoms with van der Waals surface area (Å²) in [5.41, 5.74) is 0.635. The van der Waals surface area contributed by atoms with Crippen LogP contribution >= 0.6 is 0 Å². The van der Waals surface area contributed by atoms with Crippen LogP contribution in [0.4, 0.5) is 8.78 Å². The van der Waals surface area contributed by atoms with Crippen LogP contribution in [0.2, 0.25) is 0 Å². The highest BCUT2D eigenvalue weighted by atomic mass is 19.1. The van der Waals surface area contributed by atoms with Gasteiger partial charge in [-0.2, -0.15) is 0 Å². The molecule has 1 heterocycles. The Balaban J connectivity index is 0.000000581. The van der Waals surface area contributed by atoms with E-state index in [0.717, 1.165) is 6.07 Å². The van der Waals surface area contributed by atoms with Crippen LogP contribution in [-0.4, -0.2) is 6.61 Å². The van der Waals surface area contributed by atoms with Crippen LogP contribution in [0.15, 0.2) is 12.1 Å². The first-order valence-electron chi connectivity index (χ1n) is 6.27. The predicted molar refractivity (Wildman–Crippen MR) is 67.4 cm³/mol. The first kappa shape index (κ1) is 15.9. The Hall–Kier alpha value is -1.12. The monoisotopic (exact) mass is 244 g/mol. The van der Waals surface area contributed by atoms with Gasteiger partial charge >= 0.3 is 0 Å². The van der Waals surface area contributed by atoms with Crippen molar-refractivity contribution in [3.8, 4) is 5.75 Å². The van der Waals surface area contributed by atoms with Gasteiger partial charge in [-0.15, -0.1) is 0 Å². The molecule has 1 atom stereocenters. The van der Waals surface area contributed by atoms with Gasteiger partial charge in [-0.05, 0) is 18.4 Å². The number of benzene rings is 1. The van der Waals surface area contributed by atoms with E-state index in [-0.39, 0.29) is 5.75 Å². The van der Waals surface area contributed by atoms with Crippen LogP contribution in [0.5, 0.6) is 5.75 Å². The van der Waals surface area contributed by atoms with Gasteiger partial charge in [0.05, 0.1) is 6.61 Å². The maximum Gasteiger partial charge on any atom is 0.168 e. The molecular formula is C14H22F2O. The second kappa shape index (κ2) is 8.04. The van der Waals surface area contributed by atoms with E-state index >= 15 is 0 Å². The van der Waals surface area contributed by atoms with Gasteiger partial charge in [0.1, 0.15) is 5.82 Å². The molecule has 0 radical (unpaired) electrons. The topological polar surface area (TPSA) is 9.23 Å². The van der Waals surface area contributed by atoms with Gasteiger partial charge in [0.15, 0.2) is 11.6 Å². The van der Waals surface area contributed by atoms with Crippen LogP contribution < -0.4 is 4.74 Å². The number of rotatable bonds is 0. The lowest BCUT2D eigenvalue weighted by molar-refractivity contribution is 0.222. The number of hydrogen-bond acceptors (Lipinski definition) is 1. The van der Waals surface area contributed by atoms with Crippen molar-refractivity contribution in [1.29, 1.82) is 0 Å². The van der Waals surface area contributed by atoms with Crippen LogP contribution in [0.25, 0.3) is 0 Å². The highest BCUT2D eigenvalue weighted by molar-refractivity contribution is 5.37. The Bertz CT molecular complexity index is 337. The Kier molecular flexibility index (Phi) is 7.51. The summed E-state index contributed by atoms with van der Waals surface area (Å²) in [5, 5.41) is 0. The lowest BCUT2D eigenvalue weighted by atomic mass is 9.98. The van der Waals surface area contributed by atoms with E-state index in [0.29, 0.717) is 24.5 Å². The fraction of sp³-hybridized carbons (Fsp3) is 0.571. The molecule has 0 spiro atoms. The van der Waals surface area contributed by atoms with Crippen molar-refractivity contribution in [1.82, 2.24) is 0 Å². The zero-order chi connectivity index (χ0) is 13.4. The summed E-state index contributed by atoms with van der Waals surface area (Å²) in [6, 6.07) is 2.20. The summed E-state index contributed by atoms with van der Waals surface area (Å²) in [4.78, 5) is 0. The molecule has 0 saturated heterocycles. The van der Waals surface area contributed by atoms with E-state index in [9.17, 15) is 8.78 Å². The zero-order valence-corrected chi connectivity index (χ0v) is 11.3. The van der Waals surface area contributed by atoms with Crippen molar-refractivity contribution in [3.05, 3.63) is 29.3 Å². The molecule has 2 rings (SSSR count). The molecule has 1 nitrogen and oxygen atoms in total. The quantitative estimate of drug-likeness (QED) is 0.648. The van der Waals surface area contributed by atoms with Crippen molar-refractivity contribution in [3.63, 3.8) is 0 Å². The molecule has 0 aromatic heterocycles. The molecule has 0 fully saturated rings. The SMILES string of the molecule is CC.CC.C[C@H]1COc2c(F)cc(F)cc2C1. The van der Waals surface area contributed by atoms with Crippen LogP contribution in [0.1, 0.15) is 40.2 Å². The minimum atomic E-state index is -0.595. The normalized spacial score (nSPS) is 16.5. The standard InChI is InChI=1S/C10H10F2O.2C2H6/c1-6-2-7-3-8(11)4-9(12)10(7)13-5-6;2*1-2/h3-4,6H,2,5H2,1H3;2*1-2H3/t6-;;/m1../s1. The van der Waals surface area contributed by atoms with E-state index in [2.05, 4.69) is 0 Å². The molecule has 1 aromatic rings. The predicted octanol–water partition coefficient (Wildman–Crippen LogP) is 4.59. The lowest BCUT2D eigenvalue weighted by Gasteiger charge is -2.22. The summed E-state index contributed by atoms with van der Waals surface area (Å²) in [7, 11) is 0. The largest absolute Gasteiger partial charge is 0.490 e. The van der Waals surface area contributed by atoms with Gasteiger partial charge in [0.25, 0.3) is 0 Å². The van der Waals surface area contributed by atoms with Gasteiger partial charge in [0, 0.05) is 11.6 Å². The second-order valence-electron chi connectivity index (χ2n) is 3.50. The Morgan fingerprint density at radius 2 is 1.71 bits per heavy atom. The number of halogens is 2. The summed E-state index contributed by atoms with van der Waals surface area (Å²) in [5.74, 6) is -0.580. The van der Waals surface area contributed by atoms with Crippen molar-refractivity contribution >= 4 is 0 Å². The third kappa shape index (κ3) is 4.33. The van der Waals surface area contributed by atoms with Crippen molar-refractivity contribution in [2.24, 2.45) is 5.92 Å². The molecule has 0 saturated carbocycles. The molecule has 3 heteroatoms. The molecule has 1 aromatic carbocycles. The molecule has 0 amide bonds. The average Bonchev–Trinajstić information content (AvgIpc) is 2.33. The summed E-state index contributed by atoms with van der Waals surface area (Å²) in [6.45, 7) is 10.5. The molecule has 1 aliphatic rings. The number of ether oxygens (including phenoxy) is 1. The third-order valence-electron chi connectivity index (χ3n) is 2.17. The summed E-state index contributed by atoms with van der Waals surface area (Å²) in [6.07, 6.45) is 0.685. The van der Waals surface area contributed by atoms with Gasteiger partial charge in [-0.25, -0.2) is 8.78 Å². The lowest BCUT2D eigenvalue weighted by Crippen LogP contribution is -2.19. The highest BCUT2D eigenvalue weighted by Gasteiger charge is 2.20. The maximum absolute atomic E-state index is 13.1. The van der Waals surface area contributed by atoms with Gasteiger partial charge in [-0.3, -0.25) is 0 Å². The van der Waals surface area contributed by atoms with Crippen molar-refractivity contribution in [2.45, 2.75) is 41.0 Å². The number of fused-ring (bicyclic) bond motifs is 1. The molecule has 0 N–H and O–H groups in total. The van der Waals surface area contributed by atoms with E-state index in [4.69, 9.17) is 4.74 Å². The fourth-order valence-corrected chi connectivity index (χ4v) is 1.59. The molecule has 17 heavy (non-hydrogen) atoms. The van der Waals surface area contributed by atoms with E-state index in [1.165, 1.54) is 6.07 Å². The van der Waals surface area contributed by atoms with Gasteiger partial charge in [-0.1, -0.05) is 34.6 Å².